The SMILES string of the molecule is C[C]1CCC(c2ccc(OC(F)(F)c3ccc(C)c(F)c3)cc2)CC1. The molecule has 0 amide bonds. The summed E-state index contributed by atoms with van der Waals surface area (Å²) in [7, 11) is 0. The highest BCUT2D eigenvalue weighted by atomic mass is 19.3. The Morgan fingerprint density at radius 3 is 2.20 bits per heavy atom. The van der Waals surface area contributed by atoms with Crippen molar-refractivity contribution >= 4 is 0 Å². The Hall–Kier alpha value is -1.97. The average Bonchev–Trinajstić information content (AvgIpc) is 2.58. The predicted octanol–water partition coefficient (Wildman–Crippen LogP) is 6.51. The molecule has 1 saturated carbocycles. The van der Waals surface area contributed by atoms with Crippen molar-refractivity contribution in [3.05, 3.63) is 70.9 Å². The molecule has 1 fully saturated rings. The zero-order chi connectivity index (χ0) is 18.0. The molecule has 0 aromatic heterocycles. The quantitative estimate of drug-likeness (QED) is 0.612. The minimum atomic E-state index is -3.58. The monoisotopic (exact) mass is 347 g/mol. The molecule has 3 rings (SSSR count). The lowest BCUT2D eigenvalue weighted by Gasteiger charge is -2.26. The minimum Gasteiger partial charge on any atom is -0.429 e. The van der Waals surface area contributed by atoms with Gasteiger partial charge in [-0.1, -0.05) is 25.1 Å². The standard InChI is InChI=1S/C21H22F3O/c1-14-3-6-16(7-4-14)17-8-11-19(12-9-17)25-21(23,24)18-10-5-15(2)20(22)13-18/h5,8-13,16H,3-4,6-7H2,1-2H3. The molecule has 1 aliphatic rings. The van der Waals surface area contributed by atoms with E-state index in [4.69, 9.17) is 4.74 Å². The van der Waals surface area contributed by atoms with Crippen molar-refractivity contribution in [3.63, 3.8) is 0 Å². The third-order valence-corrected chi connectivity index (χ3v) is 4.94. The molecule has 25 heavy (non-hydrogen) atoms. The van der Waals surface area contributed by atoms with E-state index in [0.29, 0.717) is 11.5 Å². The Labute approximate surface area is 146 Å². The van der Waals surface area contributed by atoms with Crippen molar-refractivity contribution in [3.8, 4) is 5.75 Å². The fourth-order valence-electron chi connectivity index (χ4n) is 3.23. The first-order valence-electron chi connectivity index (χ1n) is 8.60. The van der Waals surface area contributed by atoms with Crippen molar-refractivity contribution in [2.24, 2.45) is 0 Å². The number of ether oxygens (including phenoxy) is 1. The molecule has 0 heterocycles. The molecule has 0 N–H and O–H groups in total. The van der Waals surface area contributed by atoms with Gasteiger partial charge in [-0.3, -0.25) is 0 Å². The highest BCUT2D eigenvalue weighted by Crippen LogP contribution is 2.38. The maximum Gasteiger partial charge on any atom is 0.426 e. The smallest absolute Gasteiger partial charge is 0.426 e. The number of halogens is 3. The van der Waals surface area contributed by atoms with Gasteiger partial charge >= 0.3 is 6.11 Å². The molecule has 0 atom stereocenters. The van der Waals surface area contributed by atoms with Crippen molar-refractivity contribution in [1.29, 1.82) is 0 Å². The molecule has 0 bridgehead atoms. The van der Waals surface area contributed by atoms with Crippen LogP contribution in [0.3, 0.4) is 0 Å². The number of benzene rings is 2. The third kappa shape index (κ3) is 4.17. The predicted molar refractivity (Wildman–Crippen MR) is 92.2 cm³/mol. The summed E-state index contributed by atoms with van der Waals surface area (Å²) < 4.78 is 46.9. The van der Waals surface area contributed by atoms with Crippen molar-refractivity contribution < 1.29 is 17.9 Å². The fourth-order valence-corrected chi connectivity index (χ4v) is 3.23. The fraction of sp³-hybridized carbons (Fsp3) is 0.381. The van der Waals surface area contributed by atoms with Gasteiger partial charge in [-0.15, -0.1) is 0 Å². The van der Waals surface area contributed by atoms with E-state index in [1.807, 2.05) is 12.1 Å². The van der Waals surface area contributed by atoms with Gasteiger partial charge in [0.1, 0.15) is 11.6 Å². The van der Waals surface area contributed by atoms with E-state index in [9.17, 15) is 13.2 Å². The van der Waals surface area contributed by atoms with Gasteiger partial charge in [0.25, 0.3) is 0 Å². The van der Waals surface area contributed by atoms with E-state index in [0.717, 1.165) is 37.3 Å². The Balaban J connectivity index is 1.70. The second kappa shape index (κ2) is 7.11. The molecule has 2 aromatic rings. The molecule has 133 valence electrons. The van der Waals surface area contributed by atoms with Gasteiger partial charge in [0, 0.05) is 0 Å². The molecule has 1 radical (unpaired) electrons. The van der Waals surface area contributed by atoms with Gasteiger partial charge in [0.15, 0.2) is 0 Å². The van der Waals surface area contributed by atoms with Crippen LogP contribution in [0.1, 0.15) is 55.2 Å². The van der Waals surface area contributed by atoms with E-state index < -0.39 is 17.5 Å². The molecule has 0 spiro atoms. The maximum absolute atomic E-state index is 14.3. The number of hydrogen-bond acceptors (Lipinski definition) is 1. The summed E-state index contributed by atoms with van der Waals surface area (Å²) in [5.41, 5.74) is 0.992. The summed E-state index contributed by atoms with van der Waals surface area (Å²) in [6, 6.07) is 10.2. The van der Waals surface area contributed by atoms with Crippen molar-refractivity contribution in [1.82, 2.24) is 0 Å². The molecule has 1 aliphatic carbocycles. The van der Waals surface area contributed by atoms with Crippen LogP contribution in [0.25, 0.3) is 0 Å². The van der Waals surface area contributed by atoms with Crippen LogP contribution >= 0.6 is 0 Å². The normalized spacial score (nSPS) is 16.8. The first-order chi connectivity index (χ1) is 11.8. The average molecular weight is 347 g/mol. The minimum absolute atomic E-state index is 0.0771. The molecule has 4 heteroatoms. The Bertz CT molecular complexity index is 716. The van der Waals surface area contributed by atoms with E-state index >= 15 is 0 Å². The van der Waals surface area contributed by atoms with Crippen LogP contribution in [-0.2, 0) is 6.11 Å². The van der Waals surface area contributed by atoms with Gasteiger partial charge in [-0.25, -0.2) is 4.39 Å². The topological polar surface area (TPSA) is 9.23 Å². The van der Waals surface area contributed by atoms with E-state index in [-0.39, 0.29) is 5.75 Å². The van der Waals surface area contributed by atoms with Crippen LogP contribution in [0.5, 0.6) is 5.75 Å². The lowest BCUT2D eigenvalue weighted by atomic mass is 9.79. The third-order valence-electron chi connectivity index (χ3n) is 4.94. The molecule has 0 aliphatic heterocycles. The summed E-state index contributed by atoms with van der Waals surface area (Å²) >= 11 is 0. The molecule has 0 saturated heterocycles. The van der Waals surface area contributed by atoms with Gasteiger partial charge in [0.2, 0.25) is 0 Å². The van der Waals surface area contributed by atoms with Crippen LogP contribution in [0.2, 0.25) is 0 Å². The summed E-state index contributed by atoms with van der Waals surface area (Å²) in [6.07, 6.45) is 0.878. The molecule has 2 aromatic carbocycles. The Morgan fingerprint density at radius 2 is 1.60 bits per heavy atom. The van der Waals surface area contributed by atoms with Crippen LogP contribution < -0.4 is 4.74 Å². The number of rotatable bonds is 4. The highest BCUT2D eigenvalue weighted by molar-refractivity contribution is 5.32. The number of aryl methyl sites for hydroxylation is 1. The van der Waals surface area contributed by atoms with Crippen LogP contribution in [0.4, 0.5) is 13.2 Å². The molecule has 0 unspecified atom stereocenters. The number of alkyl halides is 2. The highest BCUT2D eigenvalue weighted by Gasteiger charge is 2.35. The lowest BCUT2D eigenvalue weighted by molar-refractivity contribution is -0.185. The van der Waals surface area contributed by atoms with Gasteiger partial charge < -0.3 is 4.74 Å². The lowest BCUT2D eigenvalue weighted by Crippen LogP contribution is -2.22. The zero-order valence-electron chi connectivity index (χ0n) is 14.5. The van der Waals surface area contributed by atoms with E-state index in [1.54, 1.807) is 12.1 Å². The summed E-state index contributed by atoms with van der Waals surface area (Å²) in [6.45, 7) is 3.71. The Kier molecular flexibility index (Phi) is 5.07. The second-order valence-corrected chi connectivity index (χ2v) is 6.88. The van der Waals surface area contributed by atoms with E-state index in [2.05, 4.69) is 6.92 Å². The van der Waals surface area contributed by atoms with Crippen LogP contribution in [-0.4, -0.2) is 0 Å². The maximum atomic E-state index is 14.3. The first kappa shape index (κ1) is 17.8. The van der Waals surface area contributed by atoms with Crippen molar-refractivity contribution in [2.75, 3.05) is 0 Å². The van der Waals surface area contributed by atoms with Gasteiger partial charge in [-0.05, 0) is 79.8 Å². The van der Waals surface area contributed by atoms with Crippen LogP contribution in [0.15, 0.2) is 42.5 Å². The van der Waals surface area contributed by atoms with Crippen molar-refractivity contribution in [2.45, 2.75) is 51.6 Å². The molecular formula is C21H22F3O. The van der Waals surface area contributed by atoms with E-state index in [1.165, 1.54) is 25.0 Å². The Morgan fingerprint density at radius 1 is 0.960 bits per heavy atom. The summed E-state index contributed by atoms with van der Waals surface area (Å²) in [5, 5.41) is 0. The molecular weight excluding hydrogens is 325 g/mol. The summed E-state index contributed by atoms with van der Waals surface area (Å²) in [5.74, 6) is 1.42. The zero-order valence-corrected chi connectivity index (χ0v) is 14.5. The van der Waals surface area contributed by atoms with Gasteiger partial charge in [-0.2, -0.15) is 8.78 Å². The van der Waals surface area contributed by atoms with Crippen LogP contribution in [0, 0.1) is 18.7 Å². The van der Waals surface area contributed by atoms with Gasteiger partial charge in [0.05, 0.1) is 5.56 Å². The summed E-state index contributed by atoms with van der Waals surface area (Å²) in [4.78, 5) is 0. The second-order valence-electron chi connectivity index (χ2n) is 6.88. The number of hydrogen-bond donors (Lipinski definition) is 0. The largest absolute Gasteiger partial charge is 0.429 e. The molecule has 1 nitrogen and oxygen atoms in total. The first-order valence-corrected chi connectivity index (χ1v) is 8.60.